The van der Waals surface area contributed by atoms with E-state index in [1.807, 2.05) is 12.1 Å². The van der Waals surface area contributed by atoms with Crippen molar-refractivity contribution in [2.75, 3.05) is 80.2 Å². The van der Waals surface area contributed by atoms with Gasteiger partial charge in [-0.1, -0.05) is 0 Å². The van der Waals surface area contributed by atoms with E-state index in [9.17, 15) is 0 Å². The molecule has 1 unspecified atom stereocenters. The third kappa shape index (κ3) is 7.65. The Bertz CT molecular complexity index is 698. The second kappa shape index (κ2) is 13.3. The Morgan fingerprint density at radius 3 is 2.58 bits per heavy atom. The first-order chi connectivity index (χ1) is 14.6. The van der Waals surface area contributed by atoms with Crippen LogP contribution in [0.4, 0.5) is 0 Å². The van der Waals surface area contributed by atoms with Crippen molar-refractivity contribution in [2.24, 2.45) is 4.99 Å². The van der Waals surface area contributed by atoms with Crippen molar-refractivity contribution >= 4 is 29.9 Å². The van der Waals surface area contributed by atoms with Gasteiger partial charge in [0.2, 0.25) is 0 Å². The van der Waals surface area contributed by atoms with E-state index < -0.39 is 0 Å². The van der Waals surface area contributed by atoms with E-state index in [4.69, 9.17) is 19.2 Å². The molecular weight excluding hydrogens is 509 g/mol. The van der Waals surface area contributed by atoms with Crippen LogP contribution in [0, 0.1) is 0 Å². The van der Waals surface area contributed by atoms with E-state index >= 15 is 0 Å². The molecule has 2 aliphatic heterocycles. The molecule has 2 heterocycles. The summed E-state index contributed by atoms with van der Waals surface area (Å²) >= 11 is 0. The second-order valence-corrected chi connectivity index (χ2v) is 7.89. The number of nitrogens with one attached hydrogen (secondary N) is 1. The molecule has 9 heteroatoms. The molecule has 1 aromatic carbocycles. The van der Waals surface area contributed by atoms with Gasteiger partial charge in [-0.05, 0) is 32.2 Å². The maximum Gasteiger partial charge on any atom is 0.194 e. The number of morpholine rings is 1. The number of ether oxygens (including phenoxy) is 3. The fraction of sp³-hybridized carbons (Fsp3) is 0.682. The van der Waals surface area contributed by atoms with Gasteiger partial charge < -0.3 is 29.3 Å². The molecule has 0 aliphatic carbocycles. The minimum atomic E-state index is 0. The van der Waals surface area contributed by atoms with E-state index in [1.54, 1.807) is 14.2 Å². The Morgan fingerprint density at radius 2 is 1.94 bits per heavy atom. The molecule has 0 saturated carbocycles. The largest absolute Gasteiger partial charge is 0.497 e. The van der Waals surface area contributed by atoms with Gasteiger partial charge in [0.05, 0.1) is 33.5 Å². The molecule has 0 bridgehead atoms. The summed E-state index contributed by atoms with van der Waals surface area (Å²) < 4.78 is 16.8. The summed E-state index contributed by atoms with van der Waals surface area (Å²) in [5, 5.41) is 3.45. The summed E-state index contributed by atoms with van der Waals surface area (Å²) in [5.41, 5.74) is 1.16. The monoisotopic (exact) mass is 547 g/mol. The zero-order chi connectivity index (χ0) is 21.3. The lowest BCUT2D eigenvalue weighted by molar-refractivity contribution is -0.0137. The average Bonchev–Trinajstić information content (AvgIpc) is 2.77. The van der Waals surface area contributed by atoms with E-state index in [0.717, 1.165) is 82.0 Å². The average molecular weight is 547 g/mol. The van der Waals surface area contributed by atoms with Gasteiger partial charge in [0.25, 0.3) is 0 Å². The minimum absolute atomic E-state index is 0. The zero-order valence-corrected chi connectivity index (χ0v) is 21.6. The van der Waals surface area contributed by atoms with Crippen molar-refractivity contribution in [3.05, 3.63) is 23.8 Å². The number of guanidine groups is 1. The molecule has 2 fully saturated rings. The highest BCUT2D eigenvalue weighted by Crippen LogP contribution is 2.25. The van der Waals surface area contributed by atoms with Crippen LogP contribution in [0.2, 0.25) is 0 Å². The maximum atomic E-state index is 5.86. The third-order valence-corrected chi connectivity index (χ3v) is 5.67. The zero-order valence-electron chi connectivity index (χ0n) is 19.3. The van der Waals surface area contributed by atoms with Gasteiger partial charge in [-0.3, -0.25) is 9.89 Å². The van der Waals surface area contributed by atoms with Gasteiger partial charge in [-0.25, -0.2) is 0 Å². The highest BCUT2D eigenvalue weighted by Gasteiger charge is 2.22. The SMILES string of the molecule is CCNC(=NCC1CN(C)CCO1)N1CCN(Cc2cc(OC)ccc2OC)CC1.I. The van der Waals surface area contributed by atoms with Crippen LogP contribution in [-0.2, 0) is 11.3 Å². The van der Waals surface area contributed by atoms with Crippen molar-refractivity contribution in [1.29, 1.82) is 0 Å². The number of aliphatic imine (C=N–C) groups is 1. The predicted molar refractivity (Wildman–Crippen MR) is 135 cm³/mol. The number of halogens is 1. The number of methoxy groups -OCH3 is 2. The van der Waals surface area contributed by atoms with Crippen molar-refractivity contribution in [2.45, 2.75) is 19.6 Å². The Hall–Kier alpha value is -1.30. The number of benzene rings is 1. The lowest BCUT2D eigenvalue weighted by Gasteiger charge is -2.37. The van der Waals surface area contributed by atoms with Crippen LogP contribution in [0.1, 0.15) is 12.5 Å². The second-order valence-electron chi connectivity index (χ2n) is 7.89. The standard InChI is InChI=1S/C22H37N5O3.HI/c1-5-23-22(24-15-20-17-25(2)12-13-30-20)27-10-8-26(9-11-27)16-18-14-19(28-3)6-7-21(18)29-4;/h6-7,14,20H,5,8-13,15-17H2,1-4H3,(H,23,24);1H. The topological polar surface area (TPSA) is 61.8 Å². The normalized spacial score (nSPS) is 20.8. The van der Waals surface area contributed by atoms with Crippen molar-refractivity contribution in [3.63, 3.8) is 0 Å². The highest BCUT2D eigenvalue weighted by molar-refractivity contribution is 14.0. The van der Waals surface area contributed by atoms with Gasteiger partial charge in [0, 0.05) is 57.9 Å². The van der Waals surface area contributed by atoms with Crippen molar-refractivity contribution < 1.29 is 14.2 Å². The molecule has 31 heavy (non-hydrogen) atoms. The summed E-state index contributed by atoms with van der Waals surface area (Å²) in [5.74, 6) is 2.76. The van der Waals surface area contributed by atoms with Gasteiger partial charge in [0.1, 0.15) is 11.5 Å². The number of likely N-dealkylation sites (N-methyl/N-ethyl adjacent to an activating group) is 1. The van der Waals surface area contributed by atoms with Crippen LogP contribution in [0.15, 0.2) is 23.2 Å². The molecule has 176 valence electrons. The molecule has 3 rings (SSSR count). The summed E-state index contributed by atoms with van der Waals surface area (Å²) in [6.45, 7) is 11.1. The number of nitrogens with zero attached hydrogens (tertiary/aromatic N) is 4. The molecule has 0 amide bonds. The molecule has 1 atom stereocenters. The maximum absolute atomic E-state index is 5.86. The first-order valence-electron chi connectivity index (χ1n) is 10.9. The summed E-state index contributed by atoms with van der Waals surface area (Å²) in [4.78, 5) is 12.0. The predicted octanol–water partition coefficient (Wildman–Crippen LogP) is 1.74. The van der Waals surface area contributed by atoms with Gasteiger partial charge in [-0.15, -0.1) is 24.0 Å². The number of rotatable bonds is 7. The van der Waals surface area contributed by atoms with Crippen LogP contribution in [0.25, 0.3) is 0 Å². The van der Waals surface area contributed by atoms with Crippen LogP contribution in [-0.4, -0.2) is 107 Å². The quantitative estimate of drug-likeness (QED) is 0.317. The van der Waals surface area contributed by atoms with Gasteiger partial charge in [-0.2, -0.15) is 0 Å². The summed E-state index contributed by atoms with van der Waals surface area (Å²) in [6.07, 6.45) is 0.180. The Morgan fingerprint density at radius 1 is 1.16 bits per heavy atom. The van der Waals surface area contributed by atoms with Crippen LogP contribution in [0.3, 0.4) is 0 Å². The smallest absolute Gasteiger partial charge is 0.194 e. The molecule has 0 spiro atoms. The molecule has 2 aliphatic rings. The molecule has 1 aromatic rings. The van der Waals surface area contributed by atoms with E-state index in [1.165, 1.54) is 0 Å². The van der Waals surface area contributed by atoms with Crippen LogP contribution >= 0.6 is 24.0 Å². The van der Waals surface area contributed by atoms with Gasteiger partial charge >= 0.3 is 0 Å². The molecular formula is C22H38IN5O3. The Balaban J connectivity index is 0.00000341. The van der Waals surface area contributed by atoms with E-state index in [-0.39, 0.29) is 30.1 Å². The van der Waals surface area contributed by atoms with Crippen molar-refractivity contribution in [3.8, 4) is 11.5 Å². The molecule has 2 saturated heterocycles. The number of piperazine rings is 1. The number of hydrogen-bond acceptors (Lipinski definition) is 6. The Kier molecular flexibility index (Phi) is 11.1. The fourth-order valence-electron chi connectivity index (χ4n) is 3.96. The van der Waals surface area contributed by atoms with Gasteiger partial charge in [0.15, 0.2) is 5.96 Å². The summed E-state index contributed by atoms with van der Waals surface area (Å²) in [7, 11) is 5.56. The first-order valence-corrected chi connectivity index (χ1v) is 10.9. The molecule has 8 nitrogen and oxygen atoms in total. The highest BCUT2D eigenvalue weighted by atomic mass is 127. The first kappa shape index (κ1) is 26.0. The lowest BCUT2D eigenvalue weighted by Crippen LogP contribution is -2.52. The van der Waals surface area contributed by atoms with Crippen LogP contribution in [0.5, 0.6) is 11.5 Å². The fourth-order valence-corrected chi connectivity index (χ4v) is 3.96. The minimum Gasteiger partial charge on any atom is -0.497 e. The van der Waals surface area contributed by atoms with E-state index in [2.05, 4.69) is 40.1 Å². The Labute approximate surface area is 203 Å². The summed E-state index contributed by atoms with van der Waals surface area (Å²) in [6, 6.07) is 5.98. The van der Waals surface area contributed by atoms with E-state index in [0.29, 0.717) is 6.54 Å². The molecule has 0 radical (unpaired) electrons. The van der Waals surface area contributed by atoms with Crippen molar-refractivity contribution in [1.82, 2.24) is 20.0 Å². The molecule has 1 N–H and O–H groups in total. The third-order valence-electron chi connectivity index (χ3n) is 5.67. The lowest BCUT2D eigenvalue weighted by atomic mass is 10.1. The number of hydrogen-bond donors (Lipinski definition) is 1. The molecule has 0 aromatic heterocycles. The van der Waals surface area contributed by atoms with Crippen LogP contribution < -0.4 is 14.8 Å².